The van der Waals surface area contributed by atoms with Gasteiger partial charge in [0.1, 0.15) is 0 Å². The van der Waals surface area contributed by atoms with E-state index in [1.807, 2.05) is 37.3 Å². The number of nitrogens with one attached hydrogen (secondary N) is 1. The molecule has 108 valence electrons. The zero-order valence-electron chi connectivity index (χ0n) is 11.4. The average Bonchev–Trinajstić information content (AvgIpc) is 2.85. The summed E-state index contributed by atoms with van der Waals surface area (Å²) in [6.07, 6.45) is 0. The molecule has 0 aliphatic carbocycles. The van der Waals surface area contributed by atoms with E-state index in [2.05, 4.69) is 9.71 Å². The van der Waals surface area contributed by atoms with Crippen molar-refractivity contribution >= 4 is 31.6 Å². The number of hydrogen-bond donors (Lipinski definition) is 1. The van der Waals surface area contributed by atoms with Crippen LogP contribution in [0, 0.1) is 6.92 Å². The summed E-state index contributed by atoms with van der Waals surface area (Å²) < 4.78 is 28.2. The van der Waals surface area contributed by atoms with E-state index in [0.29, 0.717) is 0 Å². The van der Waals surface area contributed by atoms with Crippen molar-refractivity contribution in [1.82, 2.24) is 9.71 Å². The van der Waals surface area contributed by atoms with Crippen molar-refractivity contribution in [2.24, 2.45) is 0 Å². The van der Waals surface area contributed by atoms with Crippen LogP contribution in [-0.4, -0.2) is 13.4 Å². The predicted octanol–water partition coefficient (Wildman–Crippen LogP) is 3.08. The number of benzene rings is 2. The van der Waals surface area contributed by atoms with E-state index in [4.69, 9.17) is 0 Å². The van der Waals surface area contributed by atoms with E-state index in [9.17, 15) is 8.42 Å². The molecule has 0 amide bonds. The Morgan fingerprint density at radius 1 is 1.14 bits per heavy atom. The number of sulfonamides is 1. The zero-order valence-corrected chi connectivity index (χ0v) is 13.0. The van der Waals surface area contributed by atoms with Gasteiger partial charge in [-0.2, -0.15) is 0 Å². The van der Waals surface area contributed by atoms with E-state index in [1.165, 1.54) is 0 Å². The Morgan fingerprint density at radius 3 is 2.67 bits per heavy atom. The van der Waals surface area contributed by atoms with E-state index >= 15 is 0 Å². The van der Waals surface area contributed by atoms with Gasteiger partial charge >= 0.3 is 0 Å². The van der Waals surface area contributed by atoms with Gasteiger partial charge in [0, 0.05) is 6.54 Å². The van der Waals surface area contributed by atoms with Crippen LogP contribution in [0.3, 0.4) is 0 Å². The number of fused-ring (bicyclic) bond motifs is 1. The Hall–Kier alpha value is -1.76. The zero-order chi connectivity index (χ0) is 14.9. The fourth-order valence-corrected chi connectivity index (χ4v) is 3.89. The summed E-state index contributed by atoms with van der Waals surface area (Å²) in [6, 6.07) is 14.5. The molecule has 21 heavy (non-hydrogen) atoms. The first-order chi connectivity index (χ1) is 10.0. The molecule has 1 N–H and O–H groups in total. The summed E-state index contributed by atoms with van der Waals surface area (Å²) in [5.41, 5.74) is 1.65. The highest BCUT2D eigenvalue weighted by Gasteiger charge is 2.15. The standard InChI is InChI=1S/C15H14N2O2S2/c1-11-17-14-9-13(7-8-15(14)20-11)21(18,19)16-10-12-5-3-2-4-6-12/h2-9,16H,10H2,1H3. The van der Waals surface area contributed by atoms with Crippen molar-refractivity contribution in [3.63, 3.8) is 0 Å². The second kappa shape index (κ2) is 5.55. The summed E-state index contributed by atoms with van der Waals surface area (Å²) in [5.74, 6) is 0. The van der Waals surface area contributed by atoms with Crippen molar-refractivity contribution in [2.75, 3.05) is 0 Å². The van der Waals surface area contributed by atoms with Crippen LogP contribution in [0.2, 0.25) is 0 Å². The fraction of sp³-hybridized carbons (Fsp3) is 0.133. The molecular weight excluding hydrogens is 304 g/mol. The van der Waals surface area contributed by atoms with Gasteiger partial charge in [0.05, 0.1) is 20.1 Å². The van der Waals surface area contributed by atoms with Crippen LogP contribution in [0.5, 0.6) is 0 Å². The monoisotopic (exact) mass is 318 g/mol. The maximum absolute atomic E-state index is 12.3. The normalized spacial score (nSPS) is 11.9. The van der Waals surface area contributed by atoms with Gasteiger partial charge in [0.25, 0.3) is 0 Å². The number of thiazole rings is 1. The third-order valence-electron chi connectivity index (χ3n) is 3.09. The van der Waals surface area contributed by atoms with Crippen LogP contribution >= 0.6 is 11.3 Å². The van der Waals surface area contributed by atoms with Gasteiger partial charge in [-0.05, 0) is 30.7 Å². The SMILES string of the molecule is Cc1nc2cc(S(=O)(=O)NCc3ccccc3)ccc2s1. The average molecular weight is 318 g/mol. The van der Waals surface area contributed by atoms with Gasteiger partial charge in [-0.25, -0.2) is 18.1 Å². The van der Waals surface area contributed by atoms with Crippen molar-refractivity contribution in [3.05, 3.63) is 59.1 Å². The van der Waals surface area contributed by atoms with E-state index in [-0.39, 0.29) is 11.4 Å². The minimum absolute atomic E-state index is 0.247. The first-order valence-corrected chi connectivity index (χ1v) is 8.75. The largest absolute Gasteiger partial charge is 0.241 e. The van der Waals surface area contributed by atoms with Crippen LogP contribution in [0.1, 0.15) is 10.6 Å². The number of aryl methyl sites for hydroxylation is 1. The first kappa shape index (κ1) is 14.2. The van der Waals surface area contributed by atoms with Gasteiger partial charge in [-0.3, -0.25) is 0 Å². The van der Waals surface area contributed by atoms with Crippen LogP contribution in [-0.2, 0) is 16.6 Å². The summed E-state index contributed by atoms with van der Waals surface area (Å²) in [5, 5.41) is 0.928. The maximum atomic E-state index is 12.3. The Morgan fingerprint density at radius 2 is 1.90 bits per heavy atom. The minimum atomic E-state index is -3.53. The molecule has 2 aromatic carbocycles. The van der Waals surface area contributed by atoms with Gasteiger partial charge in [-0.15, -0.1) is 11.3 Å². The maximum Gasteiger partial charge on any atom is 0.240 e. The third kappa shape index (κ3) is 3.12. The molecule has 0 unspecified atom stereocenters. The molecule has 1 heterocycles. The number of hydrogen-bond acceptors (Lipinski definition) is 4. The summed E-state index contributed by atoms with van der Waals surface area (Å²) in [4.78, 5) is 4.58. The highest BCUT2D eigenvalue weighted by molar-refractivity contribution is 7.89. The lowest BCUT2D eigenvalue weighted by Crippen LogP contribution is -2.23. The minimum Gasteiger partial charge on any atom is -0.241 e. The molecule has 0 saturated carbocycles. The molecule has 6 heteroatoms. The van der Waals surface area contributed by atoms with E-state index < -0.39 is 10.0 Å². The Kier molecular flexibility index (Phi) is 3.75. The van der Waals surface area contributed by atoms with Gasteiger partial charge in [0.15, 0.2) is 0 Å². The summed E-state index contributed by atoms with van der Waals surface area (Å²) in [6.45, 7) is 2.18. The molecule has 0 saturated heterocycles. The van der Waals surface area contributed by atoms with Crippen molar-refractivity contribution in [2.45, 2.75) is 18.4 Å². The van der Waals surface area contributed by atoms with Gasteiger partial charge in [0.2, 0.25) is 10.0 Å². The molecule has 0 radical (unpaired) electrons. The number of rotatable bonds is 4. The van der Waals surface area contributed by atoms with Crippen LogP contribution in [0.4, 0.5) is 0 Å². The molecule has 0 aliphatic rings. The molecule has 0 spiro atoms. The molecule has 0 fully saturated rings. The van der Waals surface area contributed by atoms with Crippen LogP contribution in [0.25, 0.3) is 10.2 Å². The molecule has 3 aromatic rings. The Labute approximate surface area is 127 Å². The lowest BCUT2D eigenvalue weighted by Gasteiger charge is -2.06. The lowest BCUT2D eigenvalue weighted by atomic mass is 10.2. The highest BCUT2D eigenvalue weighted by Crippen LogP contribution is 2.24. The number of nitrogens with zero attached hydrogens (tertiary/aromatic N) is 1. The smallest absolute Gasteiger partial charge is 0.240 e. The van der Waals surface area contributed by atoms with Crippen molar-refractivity contribution < 1.29 is 8.42 Å². The van der Waals surface area contributed by atoms with Gasteiger partial charge in [-0.1, -0.05) is 30.3 Å². The Balaban J connectivity index is 1.85. The van der Waals surface area contributed by atoms with E-state index in [0.717, 1.165) is 20.8 Å². The third-order valence-corrected chi connectivity index (χ3v) is 5.44. The van der Waals surface area contributed by atoms with Gasteiger partial charge < -0.3 is 0 Å². The summed E-state index contributed by atoms with van der Waals surface area (Å²) >= 11 is 1.56. The van der Waals surface area contributed by atoms with Crippen molar-refractivity contribution in [3.8, 4) is 0 Å². The second-order valence-electron chi connectivity index (χ2n) is 4.67. The molecule has 0 aliphatic heterocycles. The molecule has 4 nitrogen and oxygen atoms in total. The molecule has 3 rings (SSSR count). The molecule has 0 atom stereocenters. The van der Waals surface area contributed by atoms with Crippen LogP contribution < -0.4 is 4.72 Å². The highest BCUT2D eigenvalue weighted by atomic mass is 32.2. The quantitative estimate of drug-likeness (QED) is 0.804. The lowest BCUT2D eigenvalue weighted by molar-refractivity contribution is 0.581. The first-order valence-electron chi connectivity index (χ1n) is 6.45. The Bertz CT molecular complexity index is 871. The predicted molar refractivity (Wildman–Crippen MR) is 84.8 cm³/mol. The number of aromatic nitrogens is 1. The fourth-order valence-electron chi connectivity index (χ4n) is 2.05. The molecular formula is C15H14N2O2S2. The molecule has 1 aromatic heterocycles. The van der Waals surface area contributed by atoms with Crippen LogP contribution in [0.15, 0.2) is 53.4 Å². The van der Waals surface area contributed by atoms with Crippen molar-refractivity contribution in [1.29, 1.82) is 0 Å². The second-order valence-corrected chi connectivity index (χ2v) is 7.67. The molecule has 0 bridgehead atoms. The van der Waals surface area contributed by atoms with E-state index in [1.54, 1.807) is 29.5 Å². The topological polar surface area (TPSA) is 59.1 Å². The summed E-state index contributed by atoms with van der Waals surface area (Å²) in [7, 11) is -3.53.